The molecule has 1 fully saturated rings. The van der Waals surface area contributed by atoms with Crippen LogP contribution in [0.2, 0.25) is 0 Å². The summed E-state index contributed by atoms with van der Waals surface area (Å²) in [5, 5.41) is 6.38. The fourth-order valence-corrected chi connectivity index (χ4v) is 6.42. The van der Waals surface area contributed by atoms with Gasteiger partial charge >= 0.3 is 0 Å². The third-order valence-electron chi connectivity index (χ3n) is 7.67. The fourth-order valence-electron chi connectivity index (χ4n) is 5.43. The summed E-state index contributed by atoms with van der Waals surface area (Å²) < 4.78 is 65.5. The van der Waals surface area contributed by atoms with Gasteiger partial charge in [0.25, 0.3) is 12.9 Å². The van der Waals surface area contributed by atoms with E-state index in [1.54, 1.807) is 4.90 Å². The maximum absolute atomic E-state index is 13.3. The quantitative estimate of drug-likeness (QED) is 0.213. The molecule has 7 nitrogen and oxygen atoms in total. The SMILES string of the molecule is O=C(Cn1nc(C(F)F)cc1C(F)F)N1CCC(c2nc(C3OCc4cccc(-c5ccccc5)c4CO3)cs2)CC1. The second kappa shape index (κ2) is 12.3. The van der Waals surface area contributed by atoms with Crippen molar-refractivity contribution in [1.82, 2.24) is 19.7 Å². The highest BCUT2D eigenvalue weighted by molar-refractivity contribution is 7.09. The third kappa shape index (κ3) is 5.97. The first-order chi connectivity index (χ1) is 20.4. The average molecular weight is 601 g/mol. The molecule has 42 heavy (non-hydrogen) atoms. The molecule has 1 atom stereocenters. The van der Waals surface area contributed by atoms with Gasteiger partial charge in [0, 0.05) is 24.4 Å². The number of carbonyl (C=O) groups excluding carboxylic acids is 1. The molecule has 0 radical (unpaired) electrons. The highest BCUT2D eigenvalue weighted by atomic mass is 32.1. The third-order valence-corrected chi connectivity index (χ3v) is 8.69. The molecule has 1 unspecified atom stereocenters. The van der Waals surface area contributed by atoms with Crippen LogP contribution in [0.3, 0.4) is 0 Å². The first kappa shape index (κ1) is 28.5. The molecule has 2 aliphatic rings. The molecule has 220 valence electrons. The predicted octanol–water partition coefficient (Wildman–Crippen LogP) is 7.03. The number of halogens is 4. The zero-order valence-corrected chi connectivity index (χ0v) is 23.3. The van der Waals surface area contributed by atoms with Gasteiger partial charge in [-0.15, -0.1) is 11.3 Å². The number of alkyl halides is 4. The Morgan fingerprint density at radius 3 is 2.48 bits per heavy atom. The van der Waals surface area contributed by atoms with Crippen LogP contribution in [-0.4, -0.2) is 38.7 Å². The maximum Gasteiger partial charge on any atom is 0.282 e. The molecule has 0 saturated carbocycles. The molecular weight excluding hydrogens is 572 g/mol. The Labute approximate surface area is 243 Å². The van der Waals surface area contributed by atoms with E-state index in [1.165, 1.54) is 11.3 Å². The van der Waals surface area contributed by atoms with Crippen molar-refractivity contribution in [3.63, 3.8) is 0 Å². The fraction of sp³-hybridized carbons (Fsp3) is 0.367. The number of amides is 1. The van der Waals surface area contributed by atoms with Gasteiger partial charge in [0.2, 0.25) is 12.2 Å². The number of rotatable bonds is 7. The highest BCUT2D eigenvalue weighted by Gasteiger charge is 2.30. The number of aromatic nitrogens is 3. The minimum Gasteiger partial charge on any atom is -0.342 e. The van der Waals surface area contributed by atoms with Gasteiger partial charge in [-0.2, -0.15) is 5.10 Å². The van der Waals surface area contributed by atoms with E-state index in [9.17, 15) is 22.4 Å². The number of likely N-dealkylation sites (tertiary alicyclic amines) is 1. The maximum atomic E-state index is 13.3. The smallest absolute Gasteiger partial charge is 0.282 e. The molecule has 6 rings (SSSR count). The van der Waals surface area contributed by atoms with Crippen molar-refractivity contribution in [2.45, 2.75) is 57.7 Å². The van der Waals surface area contributed by atoms with Crippen LogP contribution in [-0.2, 0) is 34.0 Å². The number of thiazole rings is 1. The second-order valence-corrected chi connectivity index (χ2v) is 11.2. The number of hydrogen-bond donors (Lipinski definition) is 0. The van der Waals surface area contributed by atoms with Gasteiger partial charge in [-0.3, -0.25) is 9.48 Å². The van der Waals surface area contributed by atoms with E-state index in [0.717, 1.165) is 27.3 Å². The first-order valence-corrected chi connectivity index (χ1v) is 14.5. The molecule has 0 bridgehead atoms. The molecule has 0 spiro atoms. The molecule has 4 heterocycles. The Morgan fingerprint density at radius 1 is 0.976 bits per heavy atom. The lowest BCUT2D eigenvalue weighted by molar-refractivity contribution is -0.155. The average Bonchev–Trinajstić information content (AvgIpc) is 3.61. The zero-order valence-electron chi connectivity index (χ0n) is 22.5. The Morgan fingerprint density at radius 2 is 1.74 bits per heavy atom. The van der Waals surface area contributed by atoms with Gasteiger partial charge in [0.1, 0.15) is 23.6 Å². The molecule has 2 aromatic heterocycles. The summed E-state index contributed by atoms with van der Waals surface area (Å²) in [6, 6.07) is 17.0. The van der Waals surface area contributed by atoms with Gasteiger partial charge in [-0.25, -0.2) is 22.5 Å². The molecule has 2 aliphatic heterocycles. The van der Waals surface area contributed by atoms with Crippen molar-refractivity contribution in [1.29, 1.82) is 0 Å². The van der Waals surface area contributed by atoms with E-state index in [0.29, 0.717) is 55.6 Å². The van der Waals surface area contributed by atoms with E-state index >= 15 is 0 Å². The van der Waals surface area contributed by atoms with E-state index in [4.69, 9.17) is 14.5 Å². The Bertz CT molecular complexity index is 1540. The van der Waals surface area contributed by atoms with Crippen LogP contribution < -0.4 is 0 Å². The predicted molar refractivity (Wildman–Crippen MR) is 147 cm³/mol. The first-order valence-electron chi connectivity index (χ1n) is 13.6. The van der Waals surface area contributed by atoms with Crippen LogP contribution in [0.1, 0.15) is 71.1 Å². The molecular formula is C30H28F4N4O3S. The second-order valence-electron chi connectivity index (χ2n) is 10.3. The molecule has 1 amide bonds. The molecule has 2 aromatic carbocycles. The summed E-state index contributed by atoms with van der Waals surface area (Å²) in [7, 11) is 0. The van der Waals surface area contributed by atoms with Gasteiger partial charge in [-0.05, 0) is 41.2 Å². The van der Waals surface area contributed by atoms with Crippen molar-refractivity contribution in [3.8, 4) is 11.1 Å². The Kier molecular flexibility index (Phi) is 8.36. The van der Waals surface area contributed by atoms with Crippen molar-refractivity contribution in [2.24, 2.45) is 0 Å². The van der Waals surface area contributed by atoms with Crippen LogP contribution in [0.25, 0.3) is 11.1 Å². The van der Waals surface area contributed by atoms with Gasteiger partial charge in [0.15, 0.2) is 0 Å². The summed E-state index contributed by atoms with van der Waals surface area (Å²) in [4.78, 5) is 19.2. The van der Waals surface area contributed by atoms with Gasteiger partial charge < -0.3 is 14.4 Å². The standard InChI is InChI=1S/C30H28F4N4O3S/c31-27(32)23-13-25(28(33)34)38(36-23)14-26(39)37-11-9-19(10-12-37)29-35-24(17-42-29)30-40-15-20-7-4-8-21(22(20)16-41-30)18-5-2-1-3-6-18/h1-8,13,17,19,27-28,30H,9-12,14-16H2. The number of nitrogens with zero attached hydrogens (tertiary/aromatic N) is 4. The summed E-state index contributed by atoms with van der Waals surface area (Å²) in [5.74, 6) is -0.319. The van der Waals surface area contributed by atoms with Crippen LogP contribution in [0, 0.1) is 0 Å². The molecule has 0 aliphatic carbocycles. The lowest BCUT2D eigenvalue weighted by atomic mass is 9.96. The normalized spacial score (nSPS) is 18.0. The number of carbonyl (C=O) groups is 1. The van der Waals surface area contributed by atoms with Crippen LogP contribution in [0.15, 0.2) is 60.0 Å². The van der Waals surface area contributed by atoms with Crippen molar-refractivity contribution < 1.29 is 31.8 Å². The molecule has 4 aromatic rings. The van der Waals surface area contributed by atoms with Gasteiger partial charge in [-0.1, -0.05) is 48.5 Å². The minimum atomic E-state index is -3.01. The lowest BCUT2D eigenvalue weighted by Crippen LogP contribution is -2.40. The van der Waals surface area contributed by atoms with E-state index < -0.39 is 43.0 Å². The molecule has 12 heteroatoms. The topological polar surface area (TPSA) is 69.5 Å². The lowest BCUT2D eigenvalue weighted by Gasteiger charge is -2.31. The number of piperidine rings is 1. The zero-order chi connectivity index (χ0) is 29.2. The number of fused-ring (bicyclic) bond motifs is 1. The summed E-state index contributed by atoms with van der Waals surface area (Å²) >= 11 is 1.52. The van der Waals surface area contributed by atoms with Gasteiger partial charge in [0.05, 0.1) is 18.2 Å². The molecule has 1 saturated heterocycles. The minimum absolute atomic E-state index is 0.118. The monoisotopic (exact) mass is 600 g/mol. The van der Waals surface area contributed by atoms with Crippen molar-refractivity contribution >= 4 is 17.2 Å². The van der Waals surface area contributed by atoms with Crippen LogP contribution in [0.5, 0.6) is 0 Å². The van der Waals surface area contributed by atoms with Crippen LogP contribution >= 0.6 is 11.3 Å². The van der Waals surface area contributed by atoms with Crippen LogP contribution in [0.4, 0.5) is 17.6 Å². The van der Waals surface area contributed by atoms with E-state index in [2.05, 4.69) is 23.3 Å². The molecule has 0 N–H and O–H groups in total. The van der Waals surface area contributed by atoms with E-state index in [-0.39, 0.29) is 5.92 Å². The Hall–Kier alpha value is -3.61. The number of ether oxygens (including phenoxy) is 2. The Balaban J connectivity index is 1.07. The number of hydrogen-bond acceptors (Lipinski definition) is 6. The summed E-state index contributed by atoms with van der Waals surface area (Å²) in [6.07, 6.45) is -5.33. The summed E-state index contributed by atoms with van der Waals surface area (Å²) in [5.41, 5.74) is 3.66. The highest BCUT2D eigenvalue weighted by Crippen LogP contribution is 2.36. The number of benzene rings is 2. The van der Waals surface area contributed by atoms with Crippen molar-refractivity contribution in [2.75, 3.05) is 13.1 Å². The largest absolute Gasteiger partial charge is 0.342 e. The van der Waals surface area contributed by atoms with E-state index in [1.807, 2.05) is 35.7 Å². The summed E-state index contributed by atoms with van der Waals surface area (Å²) in [6.45, 7) is 1.08. The van der Waals surface area contributed by atoms with Crippen molar-refractivity contribution in [3.05, 3.63) is 93.2 Å².